The van der Waals surface area contributed by atoms with Crippen molar-refractivity contribution in [3.05, 3.63) is 59.2 Å². The molecule has 2 rings (SSSR count). The Morgan fingerprint density at radius 3 is 2.27 bits per heavy atom. The van der Waals surface area contributed by atoms with Crippen molar-refractivity contribution in [2.24, 2.45) is 0 Å². The second-order valence-corrected chi connectivity index (χ2v) is 5.02. The Morgan fingerprint density at radius 2 is 1.68 bits per heavy atom. The van der Waals surface area contributed by atoms with Gasteiger partial charge in [0.25, 0.3) is 0 Å². The van der Waals surface area contributed by atoms with Crippen LogP contribution in [-0.4, -0.2) is 21.0 Å². The number of nitrogens with zero attached hydrogens (tertiary/aromatic N) is 2. The maximum Gasteiger partial charge on any atom is 0.335 e. The summed E-state index contributed by atoms with van der Waals surface area (Å²) < 4.78 is 5.68. The molecule has 2 aromatic rings. The second-order valence-electron chi connectivity index (χ2n) is 5.02. The Hall–Kier alpha value is -2.69. The number of carboxylic acids is 1. The first-order valence-corrected chi connectivity index (χ1v) is 6.84. The van der Waals surface area contributed by atoms with Gasteiger partial charge in [0.1, 0.15) is 12.4 Å². The Morgan fingerprint density at radius 1 is 1.09 bits per heavy atom. The van der Waals surface area contributed by atoms with Gasteiger partial charge in [-0.25, -0.2) is 4.79 Å². The van der Waals surface area contributed by atoms with Crippen molar-refractivity contribution in [2.45, 2.75) is 27.4 Å². The van der Waals surface area contributed by atoms with E-state index in [0.29, 0.717) is 17.9 Å². The van der Waals surface area contributed by atoms with Crippen molar-refractivity contribution in [3.8, 4) is 5.75 Å². The molecule has 0 aliphatic carbocycles. The predicted molar refractivity (Wildman–Crippen MR) is 83.7 cm³/mol. The normalized spacial score (nSPS) is 10.3. The second kappa shape index (κ2) is 6.39. The van der Waals surface area contributed by atoms with Gasteiger partial charge in [-0.15, -0.1) is 0 Å². The molecule has 5 nitrogen and oxygen atoms in total. The Labute approximate surface area is 129 Å². The molecule has 0 aliphatic heterocycles. The molecular formula is C17H18N2O3. The van der Waals surface area contributed by atoms with Crippen LogP contribution < -0.4 is 4.74 Å². The minimum atomic E-state index is -1.03. The molecule has 114 valence electrons. The molecule has 0 bridgehead atoms. The molecule has 0 saturated carbocycles. The third-order valence-electron chi connectivity index (χ3n) is 3.42. The third-order valence-corrected chi connectivity index (χ3v) is 3.42. The number of aromatic nitrogens is 2. The van der Waals surface area contributed by atoms with E-state index in [0.717, 1.165) is 22.8 Å². The van der Waals surface area contributed by atoms with Gasteiger partial charge in [0.05, 0.1) is 28.3 Å². The average molecular weight is 298 g/mol. The molecule has 0 aliphatic rings. The highest BCUT2D eigenvalue weighted by atomic mass is 16.5. The van der Waals surface area contributed by atoms with E-state index in [1.807, 2.05) is 20.8 Å². The van der Waals surface area contributed by atoms with Gasteiger partial charge in [0, 0.05) is 0 Å². The maximum absolute atomic E-state index is 10.8. The molecular weight excluding hydrogens is 280 g/mol. The lowest BCUT2D eigenvalue weighted by atomic mass is 10.1. The van der Waals surface area contributed by atoms with Crippen molar-refractivity contribution in [2.75, 3.05) is 0 Å². The van der Waals surface area contributed by atoms with Crippen molar-refractivity contribution in [1.82, 2.24) is 9.97 Å². The molecule has 0 fully saturated rings. The summed E-state index contributed by atoms with van der Waals surface area (Å²) in [6.07, 6.45) is 0. The number of ether oxygens (including phenoxy) is 1. The number of carboxylic acid groups (broad SMARTS) is 1. The first-order valence-electron chi connectivity index (χ1n) is 6.84. The van der Waals surface area contributed by atoms with Crippen molar-refractivity contribution in [3.63, 3.8) is 0 Å². The van der Waals surface area contributed by atoms with Gasteiger partial charge in [-0.3, -0.25) is 9.97 Å². The summed E-state index contributed by atoms with van der Waals surface area (Å²) in [5, 5.41) is 8.89. The first kappa shape index (κ1) is 15.7. The quantitative estimate of drug-likeness (QED) is 0.859. The molecule has 0 radical (unpaired) electrons. The fraction of sp³-hybridized carbons (Fsp3) is 0.235. The average Bonchev–Trinajstić information content (AvgIpc) is 2.49. The Balaban J connectivity index is 2.08. The minimum absolute atomic E-state index is 0.0578. The van der Waals surface area contributed by atoms with Crippen molar-refractivity contribution >= 4 is 11.5 Å². The van der Waals surface area contributed by atoms with Gasteiger partial charge in [0.2, 0.25) is 0 Å². The molecule has 1 aromatic carbocycles. The minimum Gasteiger partial charge on any atom is -0.487 e. The van der Waals surface area contributed by atoms with Crippen molar-refractivity contribution < 1.29 is 14.6 Å². The fourth-order valence-corrected chi connectivity index (χ4v) is 1.93. The van der Waals surface area contributed by atoms with E-state index in [1.165, 1.54) is 0 Å². The number of rotatable bonds is 5. The zero-order chi connectivity index (χ0) is 16.3. The van der Waals surface area contributed by atoms with Gasteiger partial charge < -0.3 is 9.84 Å². The molecule has 0 unspecified atom stereocenters. The van der Waals surface area contributed by atoms with Gasteiger partial charge in [-0.2, -0.15) is 0 Å². The zero-order valence-corrected chi connectivity index (χ0v) is 12.9. The molecule has 5 heteroatoms. The SMILES string of the molecule is C=C(C(=O)O)c1ccc(OCc2nc(C)c(C)nc2C)cc1. The first-order chi connectivity index (χ1) is 10.4. The lowest BCUT2D eigenvalue weighted by Gasteiger charge is -2.10. The predicted octanol–water partition coefficient (Wildman–Crippen LogP) is 3.08. The Bertz CT molecular complexity index is 721. The summed E-state index contributed by atoms with van der Waals surface area (Å²) in [7, 11) is 0. The summed E-state index contributed by atoms with van der Waals surface area (Å²) >= 11 is 0. The number of hydrogen-bond acceptors (Lipinski definition) is 4. The van der Waals surface area contributed by atoms with Crippen LogP contribution >= 0.6 is 0 Å². The van der Waals surface area contributed by atoms with Crippen LogP contribution in [-0.2, 0) is 11.4 Å². The molecule has 1 heterocycles. The number of aryl methyl sites for hydroxylation is 3. The van der Waals surface area contributed by atoms with Crippen LogP contribution in [0.25, 0.3) is 5.57 Å². The van der Waals surface area contributed by atoms with Gasteiger partial charge in [-0.1, -0.05) is 18.7 Å². The van der Waals surface area contributed by atoms with E-state index in [1.54, 1.807) is 24.3 Å². The highest BCUT2D eigenvalue weighted by molar-refractivity contribution is 6.14. The van der Waals surface area contributed by atoms with E-state index >= 15 is 0 Å². The number of hydrogen-bond donors (Lipinski definition) is 1. The fourth-order valence-electron chi connectivity index (χ4n) is 1.93. The van der Waals surface area contributed by atoms with E-state index in [-0.39, 0.29) is 5.57 Å². The van der Waals surface area contributed by atoms with E-state index < -0.39 is 5.97 Å². The zero-order valence-electron chi connectivity index (χ0n) is 12.9. The molecule has 0 amide bonds. The third kappa shape index (κ3) is 3.49. The summed E-state index contributed by atoms with van der Waals surface area (Å²) in [5.41, 5.74) is 4.06. The summed E-state index contributed by atoms with van der Waals surface area (Å²) in [5.74, 6) is -0.393. The van der Waals surface area contributed by atoms with Gasteiger partial charge in [0.15, 0.2) is 0 Å². The van der Waals surface area contributed by atoms with Gasteiger partial charge in [-0.05, 0) is 38.5 Å². The van der Waals surface area contributed by atoms with Crippen LogP contribution in [0, 0.1) is 20.8 Å². The monoisotopic (exact) mass is 298 g/mol. The molecule has 1 N–H and O–H groups in total. The lowest BCUT2D eigenvalue weighted by molar-refractivity contribution is -0.130. The van der Waals surface area contributed by atoms with E-state index in [2.05, 4.69) is 16.5 Å². The number of carbonyl (C=O) groups is 1. The smallest absolute Gasteiger partial charge is 0.335 e. The van der Waals surface area contributed by atoms with Crippen LogP contribution in [0.1, 0.15) is 28.3 Å². The van der Waals surface area contributed by atoms with Crippen LogP contribution in [0.4, 0.5) is 0 Å². The molecule has 1 aromatic heterocycles. The van der Waals surface area contributed by atoms with Crippen LogP contribution in [0.5, 0.6) is 5.75 Å². The largest absolute Gasteiger partial charge is 0.487 e. The van der Waals surface area contributed by atoms with Crippen LogP contribution in [0.15, 0.2) is 30.8 Å². The summed E-state index contributed by atoms with van der Waals surface area (Å²) in [4.78, 5) is 19.7. The highest BCUT2D eigenvalue weighted by Crippen LogP contribution is 2.19. The molecule has 0 spiro atoms. The van der Waals surface area contributed by atoms with E-state index in [9.17, 15) is 4.79 Å². The number of benzene rings is 1. The standard InChI is InChI=1S/C17H18N2O3/c1-10(17(20)21)14-5-7-15(8-6-14)22-9-16-13(4)18-11(2)12(3)19-16/h5-8H,1,9H2,2-4H3,(H,20,21). The van der Waals surface area contributed by atoms with Crippen LogP contribution in [0.3, 0.4) is 0 Å². The van der Waals surface area contributed by atoms with E-state index in [4.69, 9.17) is 9.84 Å². The summed E-state index contributed by atoms with van der Waals surface area (Å²) in [6, 6.07) is 6.77. The lowest BCUT2D eigenvalue weighted by Crippen LogP contribution is -2.06. The maximum atomic E-state index is 10.8. The van der Waals surface area contributed by atoms with Crippen molar-refractivity contribution in [1.29, 1.82) is 0 Å². The van der Waals surface area contributed by atoms with Gasteiger partial charge >= 0.3 is 5.97 Å². The molecule has 0 saturated heterocycles. The molecule has 0 atom stereocenters. The topological polar surface area (TPSA) is 72.3 Å². The number of aliphatic carboxylic acids is 1. The summed E-state index contributed by atoms with van der Waals surface area (Å²) in [6.45, 7) is 9.58. The molecule has 22 heavy (non-hydrogen) atoms. The van der Waals surface area contributed by atoms with Crippen LogP contribution in [0.2, 0.25) is 0 Å². The highest BCUT2D eigenvalue weighted by Gasteiger charge is 2.08. The Kier molecular flexibility index (Phi) is 4.56.